The van der Waals surface area contributed by atoms with Crippen molar-refractivity contribution < 1.29 is 4.79 Å². The van der Waals surface area contributed by atoms with Crippen LogP contribution >= 0.6 is 11.6 Å². The fraction of sp³-hybridized carbons (Fsp3) is 0.417. The monoisotopic (exact) mass is 253 g/mol. The average molecular weight is 254 g/mol. The molecule has 2 amide bonds. The summed E-state index contributed by atoms with van der Waals surface area (Å²) < 4.78 is 0. The quantitative estimate of drug-likeness (QED) is 0.829. The number of halogens is 1. The number of anilines is 1. The molecule has 1 fully saturated rings. The first-order valence-corrected chi connectivity index (χ1v) is 6.05. The maximum atomic E-state index is 11.4. The van der Waals surface area contributed by atoms with E-state index in [1.54, 1.807) is 7.05 Å². The number of carbonyl (C=O) groups excluding carboxylic acids is 1. The van der Waals surface area contributed by atoms with E-state index in [4.69, 9.17) is 11.6 Å². The van der Waals surface area contributed by atoms with Gasteiger partial charge in [-0.2, -0.15) is 0 Å². The zero-order chi connectivity index (χ0) is 12.3. The minimum atomic E-state index is 0.000700. The first-order chi connectivity index (χ1) is 8.20. The number of nitrogens with zero attached hydrogens (tertiary/aromatic N) is 2. The number of hydrogen-bond acceptors (Lipinski definition) is 2. The predicted octanol–water partition coefficient (Wildman–Crippen LogP) is 1.80. The van der Waals surface area contributed by atoms with Crippen molar-refractivity contribution in [2.24, 2.45) is 0 Å². The molecule has 1 N–H and O–H groups in total. The second-order valence-electron chi connectivity index (χ2n) is 4.01. The van der Waals surface area contributed by atoms with Crippen LogP contribution in [0.15, 0.2) is 24.3 Å². The Labute approximate surface area is 106 Å². The number of nitrogens with one attached hydrogen (secondary N) is 1. The van der Waals surface area contributed by atoms with Crippen molar-refractivity contribution in [2.45, 2.75) is 0 Å². The summed E-state index contributed by atoms with van der Waals surface area (Å²) in [7, 11) is 1.66. The summed E-state index contributed by atoms with van der Waals surface area (Å²) in [5.41, 5.74) is 1.16. The first-order valence-electron chi connectivity index (χ1n) is 5.68. The fourth-order valence-electron chi connectivity index (χ4n) is 1.98. The van der Waals surface area contributed by atoms with E-state index in [-0.39, 0.29) is 6.03 Å². The number of benzene rings is 1. The van der Waals surface area contributed by atoms with Crippen LogP contribution in [0.3, 0.4) is 0 Å². The van der Waals surface area contributed by atoms with E-state index in [9.17, 15) is 4.79 Å². The van der Waals surface area contributed by atoms with E-state index < -0.39 is 0 Å². The molecule has 0 atom stereocenters. The molecule has 0 spiro atoms. The molecule has 92 valence electrons. The van der Waals surface area contributed by atoms with Crippen LogP contribution in [0.1, 0.15) is 0 Å². The maximum Gasteiger partial charge on any atom is 0.317 e. The van der Waals surface area contributed by atoms with E-state index in [0.29, 0.717) is 0 Å². The standard InChI is InChI=1S/C12H16ClN3O/c1-14-12(17)16-8-6-15(7-9-16)11-4-2-10(13)3-5-11/h2-5H,6-9H2,1H3,(H,14,17). The molecule has 1 heterocycles. The summed E-state index contributed by atoms with van der Waals surface area (Å²) in [5.74, 6) is 0. The van der Waals surface area contributed by atoms with Crippen molar-refractivity contribution in [3.05, 3.63) is 29.3 Å². The lowest BCUT2D eigenvalue weighted by atomic mass is 10.2. The van der Waals surface area contributed by atoms with Gasteiger partial charge in [-0.3, -0.25) is 0 Å². The Morgan fingerprint density at radius 1 is 1.18 bits per heavy atom. The van der Waals surface area contributed by atoms with Crippen molar-refractivity contribution in [1.29, 1.82) is 0 Å². The van der Waals surface area contributed by atoms with Gasteiger partial charge in [0.15, 0.2) is 0 Å². The normalized spacial score (nSPS) is 15.9. The Kier molecular flexibility index (Phi) is 3.74. The number of rotatable bonds is 1. The minimum Gasteiger partial charge on any atom is -0.368 e. The molecule has 0 aliphatic carbocycles. The van der Waals surface area contributed by atoms with Gasteiger partial charge in [-0.05, 0) is 24.3 Å². The lowest BCUT2D eigenvalue weighted by molar-refractivity contribution is 0.196. The molecular formula is C12H16ClN3O. The summed E-state index contributed by atoms with van der Waals surface area (Å²) in [6, 6.07) is 7.81. The second-order valence-corrected chi connectivity index (χ2v) is 4.44. The average Bonchev–Trinajstić information content (AvgIpc) is 2.39. The van der Waals surface area contributed by atoms with Crippen molar-refractivity contribution in [3.8, 4) is 0 Å². The van der Waals surface area contributed by atoms with Crippen LogP contribution in [0, 0.1) is 0 Å². The van der Waals surface area contributed by atoms with Crippen LogP contribution < -0.4 is 10.2 Å². The largest absolute Gasteiger partial charge is 0.368 e. The van der Waals surface area contributed by atoms with Crippen molar-refractivity contribution >= 4 is 23.3 Å². The van der Waals surface area contributed by atoms with Gasteiger partial charge in [-0.15, -0.1) is 0 Å². The van der Waals surface area contributed by atoms with Crippen LogP contribution in [-0.2, 0) is 0 Å². The number of urea groups is 1. The molecule has 0 radical (unpaired) electrons. The summed E-state index contributed by atoms with van der Waals surface area (Å²) in [6.07, 6.45) is 0. The van der Waals surface area contributed by atoms with Gasteiger partial charge in [0, 0.05) is 43.9 Å². The predicted molar refractivity (Wildman–Crippen MR) is 69.7 cm³/mol. The highest BCUT2D eigenvalue weighted by molar-refractivity contribution is 6.30. The first kappa shape index (κ1) is 12.0. The number of carbonyl (C=O) groups is 1. The fourth-order valence-corrected chi connectivity index (χ4v) is 2.10. The van der Waals surface area contributed by atoms with Crippen LogP contribution in [0.4, 0.5) is 10.5 Å². The molecule has 1 saturated heterocycles. The molecule has 1 aromatic carbocycles. The Bertz CT molecular complexity index is 385. The zero-order valence-corrected chi connectivity index (χ0v) is 10.6. The Hall–Kier alpha value is -1.42. The molecule has 17 heavy (non-hydrogen) atoms. The summed E-state index contributed by atoms with van der Waals surface area (Å²) in [6.45, 7) is 3.22. The van der Waals surface area contributed by atoms with Gasteiger partial charge in [0.25, 0.3) is 0 Å². The van der Waals surface area contributed by atoms with Gasteiger partial charge in [-0.25, -0.2) is 4.79 Å². The van der Waals surface area contributed by atoms with Gasteiger partial charge in [0.1, 0.15) is 0 Å². The number of hydrogen-bond donors (Lipinski definition) is 1. The molecule has 5 heteroatoms. The van der Waals surface area contributed by atoms with Crippen LogP contribution in [0.5, 0.6) is 0 Å². The van der Waals surface area contributed by atoms with Crippen LogP contribution in [-0.4, -0.2) is 44.2 Å². The SMILES string of the molecule is CNC(=O)N1CCN(c2ccc(Cl)cc2)CC1. The number of piperazine rings is 1. The maximum absolute atomic E-state index is 11.4. The highest BCUT2D eigenvalue weighted by Crippen LogP contribution is 2.19. The molecule has 0 aromatic heterocycles. The Morgan fingerprint density at radius 2 is 1.76 bits per heavy atom. The van der Waals surface area contributed by atoms with E-state index in [1.165, 1.54) is 0 Å². The zero-order valence-electron chi connectivity index (χ0n) is 9.82. The molecule has 0 unspecified atom stereocenters. The highest BCUT2D eigenvalue weighted by Gasteiger charge is 2.20. The molecule has 1 aliphatic rings. The molecule has 0 bridgehead atoms. The van der Waals surface area contributed by atoms with Crippen molar-refractivity contribution in [2.75, 3.05) is 38.1 Å². The van der Waals surface area contributed by atoms with Gasteiger partial charge in [-0.1, -0.05) is 11.6 Å². The Morgan fingerprint density at radius 3 is 2.29 bits per heavy atom. The van der Waals surface area contributed by atoms with Crippen molar-refractivity contribution in [3.63, 3.8) is 0 Å². The molecule has 1 aliphatic heterocycles. The molecular weight excluding hydrogens is 238 g/mol. The molecule has 0 saturated carbocycles. The highest BCUT2D eigenvalue weighted by atomic mass is 35.5. The van der Waals surface area contributed by atoms with E-state index in [0.717, 1.165) is 36.9 Å². The smallest absolute Gasteiger partial charge is 0.317 e. The molecule has 4 nitrogen and oxygen atoms in total. The van der Waals surface area contributed by atoms with Gasteiger partial charge >= 0.3 is 6.03 Å². The van der Waals surface area contributed by atoms with Crippen LogP contribution in [0.25, 0.3) is 0 Å². The number of amides is 2. The summed E-state index contributed by atoms with van der Waals surface area (Å²) in [5, 5.41) is 3.40. The van der Waals surface area contributed by atoms with Gasteiger partial charge in [0.2, 0.25) is 0 Å². The van der Waals surface area contributed by atoms with Crippen LogP contribution in [0.2, 0.25) is 5.02 Å². The summed E-state index contributed by atoms with van der Waals surface area (Å²) >= 11 is 5.85. The second kappa shape index (κ2) is 5.27. The van der Waals surface area contributed by atoms with Gasteiger partial charge < -0.3 is 15.1 Å². The van der Waals surface area contributed by atoms with Crippen molar-refractivity contribution in [1.82, 2.24) is 10.2 Å². The molecule has 1 aromatic rings. The third kappa shape index (κ3) is 2.82. The lowest BCUT2D eigenvalue weighted by Gasteiger charge is -2.35. The lowest BCUT2D eigenvalue weighted by Crippen LogP contribution is -2.51. The third-order valence-corrected chi connectivity index (χ3v) is 3.22. The van der Waals surface area contributed by atoms with E-state index >= 15 is 0 Å². The topological polar surface area (TPSA) is 35.6 Å². The van der Waals surface area contributed by atoms with Gasteiger partial charge in [0.05, 0.1) is 0 Å². The van der Waals surface area contributed by atoms with E-state index in [2.05, 4.69) is 10.2 Å². The van der Waals surface area contributed by atoms with E-state index in [1.807, 2.05) is 29.2 Å². The Balaban J connectivity index is 1.95. The molecule has 2 rings (SSSR count). The third-order valence-electron chi connectivity index (χ3n) is 2.97. The minimum absolute atomic E-state index is 0.000700. The summed E-state index contributed by atoms with van der Waals surface area (Å²) in [4.78, 5) is 15.5.